The first-order valence-corrected chi connectivity index (χ1v) is 12.3. The summed E-state index contributed by atoms with van der Waals surface area (Å²) in [5.74, 6) is -1.52. The Morgan fingerprint density at radius 2 is 1.62 bits per heavy atom. The van der Waals surface area contributed by atoms with E-state index in [-0.39, 0.29) is 23.8 Å². The number of ketones is 2. The van der Waals surface area contributed by atoms with Crippen molar-refractivity contribution in [2.75, 3.05) is 6.54 Å². The number of Topliss-reactive ketones (excluding diaryl/α,β-unsaturated/α-hetero) is 2. The van der Waals surface area contributed by atoms with Gasteiger partial charge < -0.3 is 15.8 Å². The predicted octanol–water partition coefficient (Wildman–Crippen LogP) is 2.08. The van der Waals surface area contributed by atoms with E-state index in [9.17, 15) is 22.8 Å². The molecule has 0 fully saturated rings. The van der Waals surface area contributed by atoms with Crippen LogP contribution in [0.3, 0.4) is 0 Å². The number of hydrogen-bond donors (Lipinski definition) is 3. The summed E-state index contributed by atoms with van der Waals surface area (Å²) in [7, 11) is -3.95. The number of carbonyl (C=O) groups is 3. The molecule has 0 aromatic heterocycles. The first-order chi connectivity index (χ1) is 16.0. The van der Waals surface area contributed by atoms with E-state index < -0.39 is 46.3 Å². The number of alkyl carbamates (subject to hydrolysis) is 1. The highest BCUT2D eigenvalue weighted by Gasteiger charge is 2.32. The molecule has 2 aromatic carbocycles. The maximum Gasteiger partial charge on any atom is 0.408 e. The summed E-state index contributed by atoms with van der Waals surface area (Å²) in [6.45, 7) is 4.87. The zero-order chi connectivity index (χ0) is 25.3. The van der Waals surface area contributed by atoms with Gasteiger partial charge in [-0.05, 0) is 37.0 Å². The Bertz CT molecular complexity index is 1090. The van der Waals surface area contributed by atoms with E-state index in [2.05, 4.69) is 10.0 Å². The maximum atomic E-state index is 12.9. The van der Waals surface area contributed by atoms with E-state index in [1.54, 1.807) is 36.4 Å². The van der Waals surface area contributed by atoms with Crippen molar-refractivity contribution in [3.05, 3.63) is 65.7 Å². The molecule has 0 bridgehead atoms. The molecule has 2 aromatic rings. The Kier molecular flexibility index (Phi) is 9.91. The normalized spacial score (nSPS) is 13.2. The summed E-state index contributed by atoms with van der Waals surface area (Å²) in [6, 6.07) is 12.4. The maximum absolute atomic E-state index is 12.9. The van der Waals surface area contributed by atoms with Crippen molar-refractivity contribution in [2.24, 2.45) is 11.7 Å². The number of carbonyl (C=O) groups excluding carboxylic acids is 3. The standard InChI is InChI=1S/C24H31N3O6S/c1-16(2)13-20(27-24(30)33-15-18-7-5-4-6-8-18)23(29)22(25)21(28)14-26-34(31,32)19-11-9-17(3)10-12-19/h4-12,16,20,22,26H,13-15,25H2,1-3H3,(H,27,30)/t20-,22?/m0/s1. The molecule has 1 unspecified atom stereocenters. The second-order valence-corrected chi connectivity index (χ2v) is 10.1. The first kappa shape index (κ1) is 27.2. The summed E-state index contributed by atoms with van der Waals surface area (Å²) in [5, 5.41) is 2.48. The molecule has 0 aliphatic carbocycles. The number of nitrogens with two attached hydrogens (primary N) is 1. The fraction of sp³-hybridized carbons (Fsp3) is 0.375. The molecular weight excluding hydrogens is 458 g/mol. The number of hydrogen-bond acceptors (Lipinski definition) is 7. The molecule has 0 radical (unpaired) electrons. The zero-order valence-corrected chi connectivity index (χ0v) is 20.3. The molecule has 0 aliphatic heterocycles. The van der Waals surface area contributed by atoms with Crippen LogP contribution in [0.15, 0.2) is 59.5 Å². The highest BCUT2D eigenvalue weighted by molar-refractivity contribution is 7.89. The van der Waals surface area contributed by atoms with Crippen LogP contribution in [0.5, 0.6) is 0 Å². The molecule has 0 aliphatic rings. The molecule has 9 nitrogen and oxygen atoms in total. The van der Waals surface area contributed by atoms with Gasteiger partial charge in [0.1, 0.15) is 12.6 Å². The number of nitrogens with one attached hydrogen (secondary N) is 2. The van der Waals surface area contributed by atoms with E-state index in [0.29, 0.717) is 0 Å². The van der Waals surface area contributed by atoms with E-state index in [4.69, 9.17) is 10.5 Å². The third kappa shape index (κ3) is 8.36. The van der Waals surface area contributed by atoms with Crippen LogP contribution >= 0.6 is 0 Å². The van der Waals surface area contributed by atoms with Crippen molar-refractivity contribution in [1.82, 2.24) is 10.0 Å². The van der Waals surface area contributed by atoms with Crippen LogP contribution < -0.4 is 15.8 Å². The van der Waals surface area contributed by atoms with E-state index >= 15 is 0 Å². The third-order valence-corrected chi connectivity index (χ3v) is 6.39. The minimum atomic E-state index is -3.95. The summed E-state index contributed by atoms with van der Waals surface area (Å²) in [4.78, 5) is 37.6. The van der Waals surface area contributed by atoms with E-state index in [0.717, 1.165) is 11.1 Å². The lowest BCUT2D eigenvalue weighted by molar-refractivity contribution is -0.129. The first-order valence-electron chi connectivity index (χ1n) is 10.8. The molecule has 0 heterocycles. The lowest BCUT2D eigenvalue weighted by atomic mass is 9.95. The Hall–Kier alpha value is -3.08. The third-order valence-electron chi connectivity index (χ3n) is 4.98. The Balaban J connectivity index is 1.97. The monoisotopic (exact) mass is 489 g/mol. The second-order valence-electron chi connectivity index (χ2n) is 8.37. The van der Waals surface area contributed by atoms with Gasteiger partial charge in [-0.3, -0.25) is 9.59 Å². The smallest absolute Gasteiger partial charge is 0.408 e. The van der Waals surface area contributed by atoms with Crippen LogP contribution in [0, 0.1) is 12.8 Å². The van der Waals surface area contributed by atoms with Gasteiger partial charge in [0.15, 0.2) is 11.6 Å². The Morgan fingerprint density at radius 3 is 2.21 bits per heavy atom. The topological polar surface area (TPSA) is 145 Å². The lowest BCUT2D eigenvalue weighted by Gasteiger charge is -2.22. The molecule has 4 N–H and O–H groups in total. The average Bonchev–Trinajstić information content (AvgIpc) is 2.80. The Labute approximate surface area is 200 Å². The number of aryl methyl sites for hydroxylation is 1. The average molecular weight is 490 g/mol. The van der Waals surface area contributed by atoms with Gasteiger partial charge >= 0.3 is 6.09 Å². The van der Waals surface area contributed by atoms with E-state index in [1.165, 1.54) is 12.1 Å². The van der Waals surface area contributed by atoms with Crippen molar-refractivity contribution < 1.29 is 27.5 Å². The van der Waals surface area contributed by atoms with Crippen LogP contribution in [-0.4, -0.2) is 44.7 Å². The lowest BCUT2D eigenvalue weighted by Crippen LogP contribution is -2.53. The zero-order valence-electron chi connectivity index (χ0n) is 19.5. The van der Waals surface area contributed by atoms with Crippen molar-refractivity contribution >= 4 is 27.7 Å². The molecule has 0 saturated heterocycles. The van der Waals surface area contributed by atoms with Crippen LogP contribution in [0.2, 0.25) is 0 Å². The minimum Gasteiger partial charge on any atom is -0.445 e. The molecular formula is C24H31N3O6S. The van der Waals surface area contributed by atoms with Crippen LogP contribution in [0.1, 0.15) is 31.4 Å². The number of sulfonamides is 1. The summed E-state index contributed by atoms with van der Waals surface area (Å²) < 4.78 is 32.1. The van der Waals surface area contributed by atoms with Crippen molar-refractivity contribution in [2.45, 2.75) is 50.8 Å². The molecule has 0 spiro atoms. The van der Waals surface area contributed by atoms with Gasteiger partial charge in [-0.2, -0.15) is 0 Å². The summed E-state index contributed by atoms with van der Waals surface area (Å²) in [6.07, 6.45) is -0.586. The molecule has 184 valence electrons. The quantitative estimate of drug-likeness (QED) is 0.387. The van der Waals surface area contributed by atoms with Gasteiger partial charge in [0, 0.05) is 0 Å². The van der Waals surface area contributed by atoms with Gasteiger partial charge in [0.2, 0.25) is 10.0 Å². The fourth-order valence-electron chi connectivity index (χ4n) is 3.08. The number of amides is 1. The van der Waals surface area contributed by atoms with Gasteiger partial charge in [-0.15, -0.1) is 0 Å². The Morgan fingerprint density at radius 1 is 1.00 bits per heavy atom. The largest absolute Gasteiger partial charge is 0.445 e. The summed E-state index contributed by atoms with van der Waals surface area (Å²) >= 11 is 0. The SMILES string of the molecule is Cc1ccc(S(=O)(=O)NCC(=O)C(N)C(=O)[C@H](CC(C)C)NC(=O)OCc2ccccc2)cc1. The number of benzene rings is 2. The van der Waals surface area contributed by atoms with Crippen LogP contribution in [0.25, 0.3) is 0 Å². The molecule has 2 rings (SSSR count). The molecule has 1 amide bonds. The van der Waals surface area contributed by atoms with Gasteiger partial charge in [-0.1, -0.05) is 61.9 Å². The molecule has 34 heavy (non-hydrogen) atoms. The number of rotatable bonds is 12. The van der Waals surface area contributed by atoms with Crippen molar-refractivity contribution in [1.29, 1.82) is 0 Å². The molecule has 2 atom stereocenters. The molecule has 0 saturated carbocycles. The van der Waals surface area contributed by atoms with Gasteiger partial charge in [-0.25, -0.2) is 17.9 Å². The highest BCUT2D eigenvalue weighted by atomic mass is 32.2. The van der Waals surface area contributed by atoms with Crippen LogP contribution in [-0.2, 0) is 31.0 Å². The van der Waals surface area contributed by atoms with Crippen LogP contribution in [0.4, 0.5) is 4.79 Å². The molecule has 10 heteroatoms. The van der Waals surface area contributed by atoms with Gasteiger partial charge in [0.25, 0.3) is 0 Å². The predicted molar refractivity (Wildman–Crippen MR) is 127 cm³/mol. The van der Waals surface area contributed by atoms with E-state index in [1.807, 2.05) is 26.8 Å². The van der Waals surface area contributed by atoms with Crippen molar-refractivity contribution in [3.8, 4) is 0 Å². The minimum absolute atomic E-state index is 0.00529. The number of ether oxygens (including phenoxy) is 1. The second kappa shape index (κ2) is 12.4. The van der Waals surface area contributed by atoms with Gasteiger partial charge in [0.05, 0.1) is 17.5 Å². The highest BCUT2D eigenvalue weighted by Crippen LogP contribution is 2.11. The summed E-state index contributed by atoms with van der Waals surface area (Å²) in [5.41, 5.74) is 7.50. The van der Waals surface area contributed by atoms with Crippen molar-refractivity contribution in [3.63, 3.8) is 0 Å². The fourth-order valence-corrected chi connectivity index (χ4v) is 4.07.